The molecule has 5 rings (SSSR count). The number of hydrogen-bond donors (Lipinski definition) is 2. The van der Waals surface area contributed by atoms with E-state index in [2.05, 4.69) is 10.6 Å². The van der Waals surface area contributed by atoms with E-state index >= 15 is 0 Å². The number of nitrogens with zero attached hydrogens (tertiary/aromatic N) is 2. The van der Waals surface area contributed by atoms with Gasteiger partial charge in [0.25, 0.3) is 11.8 Å². The number of anilines is 2. The van der Waals surface area contributed by atoms with Crippen LogP contribution in [0.1, 0.15) is 50.5 Å². The molecule has 2 N–H and O–H groups in total. The second kappa shape index (κ2) is 13.8. The Morgan fingerprint density at radius 1 is 0.894 bits per heavy atom. The number of benzene rings is 4. The fourth-order valence-corrected chi connectivity index (χ4v) is 5.61. The minimum absolute atomic E-state index is 0.0250. The molecule has 0 saturated heterocycles. The summed E-state index contributed by atoms with van der Waals surface area (Å²) in [5, 5.41) is 7.21. The van der Waals surface area contributed by atoms with Crippen LogP contribution >= 0.6 is 0 Å². The van der Waals surface area contributed by atoms with E-state index < -0.39 is 35.8 Å². The number of fused-ring (bicyclic) bond motifs is 2. The zero-order valence-corrected chi connectivity index (χ0v) is 26.8. The highest BCUT2D eigenvalue weighted by Crippen LogP contribution is 2.38. The second-order valence-electron chi connectivity index (χ2n) is 11.2. The third-order valence-electron chi connectivity index (χ3n) is 8.36. The first-order valence-electron chi connectivity index (χ1n) is 15.1. The van der Waals surface area contributed by atoms with Gasteiger partial charge in [-0.3, -0.25) is 19.2 Å². The molecule has 2 atom stereocenters. The Morgan fingerprint density at radius 2 is 1.55 bits per heavy atom. The van der Waals surface area contributed by atoms with E-state index in [0.717, 1.165) is 10.8 Å². The average Bonchev–Trinajstić information content (AvgIpc) is 3.21. The summed E-state index contributed by atoms with van der Waals surface area (Å²) in [4.78, 5) is 68.9. The largest absolute Gasteiger partial charge is 0.496 e. The first-order valence-corrected chi connectivity index (χ1v) is 15.1. The molecule has 11 nitrogen and oxygen atoms in total. The molecule has 47 heavy (non-hydrogen) atoms. The maximum absolute atomic E-state index is 14.5. The molecule has 0 aliphatic carbocycles. The molecule has 11 heteroatoms. The van der Waals surface area contributed by atoms with Crippen LogP contribution in [0.4, 0.5) is 11.4 Å². The van der Waals surface area contributed by atoms with Crippen molar-refractivity contribution in [3.8, 4) is 5.75 Å². The van der Waals surface area contributed by atoms with Crippen molar-refractivity contribution in [1.82, 2.24) is 10.6 Å². The lowest BCUT2D eigenvalue weighted by molar-refractivity contribution is -0.128. The normalized spacial score (nSPS) is 15.0. The molecule has 1 heterocycles. The number of ketones is 1. The molecular weight excluding hydrogens is 600 g/mol. The number of para-hydroxylation sites is 2. The molecule has 0 aromatic heterocycles. The Labute approximate surface area is 272 Å². The summed E-state index contributed by atoms with van der Waals surface area (Å²) in [6.45, 7) is 3.00. The minimum atomic E-state index is -1.11. The van der Waals surface area contributed by atoms with E-state index in [0.29, 0.717) is 39.4 Å². The SMILES string of the molecule is CN[C@@H](C)C(=O)N[C@H]1CN(C(=O)c2ccc(C(C)=O)cc2)c2ccccc2N(Cc2c(OC)ccc3cc(C(=O)OC)ccc23)C1=O. The molecule has 3 amide bonds. The van der Waals surface area contributed by atoms with Crippen LogP contribution < -0.4 is 25.2 Å². The van der Waals surface area contributed by atoms with Gasteiger partial charge in [-0.15, -0.1) is 0 Å². The molecule has 4 aromatic carbocycles. The molecule has 1 aliphatic rings. The van der Waals surface area contributed by atoms with E-state index in [1.54, 1.807) is 91.7 Å². The van der Waals surface area contributed by atoms with E-state index in [1.165, 1.54) is 26.0 Å². The van der Waals surface area contributed by atoms with Crippen LogP contribution in [-0.2, 0) is 20.9 Å². The zero-order chi connectivity index (χ0) is 33.8. The van der Waals surface area contributed by atoms with E-state index in [1.807, 2.05) is 6.07 Å². The summed E-state index contributed by atoms with van der Waals surface area (Å²) in [6.07, 6.45) is 0. The van der Waals surface area contributed by atoms with Gasteiger partial charge in [0.2, 0.25) is 5.91 Å². The maximum atomic E-state index is 14.5. The summed E-state index contributed by atoms with van der Waals surface area (Å²) in [6, 6.07) is 20.4. The van der Waals surface area contributed by atoms with Gasteiger partial charge >= 0.3 is 5.97 Å². The van der Waals surface area contributed by atoms with Gasteiger partial charge in [-0.2, -0.15) is 0 Å². The first-order chi connectivity index (χ1) is 22.6. The van der Waals surface area contributed by atoms with Gasteiger partial charge in [0.1, 0.15) is 11.8 Å². The summed E-state index contributed by atoms with van der Waals surface area (Å²) >= 11 is 0. The predicted molar refractivity (Wildman–Crippen MR) is 178 cm³/mol. The van der Waals surface area contributed by atoms with Crippen molar-refractivity contribution in [2.24, 2.45) is 0 Å². The highest BCUT2D eigenvalue weighted by Gasteiger charge is 2.38. The summed E-state index contributed by atoms with van der Waals surface area (Å²) in [5.74, 6) is -1.33. The van der Waals surface area contributed by atoms with Gasteiger partial charge in [0.15, 0.2) is 5.78 Å². The number of hydrogen-bond acceptors (Lipinski definition) is 8. The van der Waals surface area contributed by atoms with Crippen LogP contribution in [-0.4, -0.2) is 69.4 Å². The fourth-order valence-electron chi connectivity index (χ4n) is 5.61. The Balaban J connectivity index is 1.64. The van der Waals surface area contributed by atoms with Gasteiger partial charge < -0.3 is 29.9 Å². The lowest BCUT2D eigenvalue weighted by Crippen LogP contribution is -2.55. The molecule has 242 valence electrons. The number of esters is 1. The number of likely N-dealkylation sites (N-methyl/N-ethyl adjacent to an activating group) is 1. The second-order valence-corrected chi connectivity index (χ2v) is 11.2. The van der Waals surface area contributed by atoms with Crippen molar-refractivity contribution in [1.29, 1.82) is 0 Å². The van der Waals surface area contributed by atoms with Crippen molar-refractivity contribution in [2.45, 2.75) is 32.5 Å². The summed E-state index contributed by atoms with van der Waals surface area (Å²) < 4.78 is 10.6. The van der Waals surface area contributed by atoms with Gasteiger partial charge in [-0.1, -0.05) is 36.4 Å². The average molecular weight is 637 g/mol. The molecule has 4 aromatic rings. The minimum Gasteiger partial charge on any atom is -0.496 e. The van der Waals surface area contributed by atoms with Crippen LogP contribution in [0.2, 0.25) is 0 Å². The van der Waals surface area contributed by atoms with Crippen LogP contribution in [0, 0.1) is 0 Å². The zero-order valence-electron chi connectivity index (χ0n) is 26.8. The smallest absolute Gasteiger partial charge is 0.337 e. The number of amides is 3. The summed E-state index contributed by atoms with van der Waals surface area (Å²) in [5.41, 5.74) is 2.74. The lowest BCUT2D eigenvalue weighted by Gasteiger charge is -2.27. The Kier molecular flexibility index (Phi) is 9.67. The van der Waals surface area contributed by atoms with Crippen LogP contribution in [0.5, 0.6) is 5.75 Å². The van der Waals surface area contributed by atoms with E-state index in [4.69, 9.17) is 9.47 Å². The van der Waals surface area contributed by atoms with Crippen LogP contribution in [0.25, 0.3) is 10.8 Å². The van der Waals surface area contributed by atoms with Crippen molar-refractivity contribution in [2.75, 3.05) is 37.6 Å². The standard InChI is InChI=1S/C36H36N4O7/c1-21(37-3)33(42)38-29-20-40(34(43)24-12-10-23(11-13-24)22(2)41)31-9-7-6-8-30(31)39(35(29)44)19-28-27-16-14-26(36(45)47-5)18-25(27)15-17-32(28)46-4/h6-18,21,29,37H,19-20H2,1-5H3,(H,38,42)/t21-,29-/m0/s1. The van der Waals surface area contributed by atoms with Crippen LogP contribution in [0.3, 0.4) is 0 Å². The molecule has 1 aliphatic heterocycles. The van der Waals surface area contributed by atoms with Gasteiger partial charge in [0.05, 0.1) is 50.3 Å². The monoisotopic (exact) mass is 636 g/mol. The third-order valence-corrected chi connectivity index (χ3v) is 8.36. The van der Waals surface area contributed by atoms with Crippen molar-refractivity contribution in [3.63, 3.8) is 0 Å². The van der Waals surface area contributed by atoms with Crippen LogP contribution in [0.15, 0.2) is 78.9 Å². The van der Waals surface area contributed by atoms with Gasteiger partial charge in [-0.05, 0) is 74.1 Å². The maximum Gasteiger partial charge on any atom is 0.337 e. The van der Waals surface area contributed by atoms with Gasteiger partial charge in [-0.25, -0.2) is 4.79 Å². The molecule has 0 radical (unpaired) electrons. The quantitative estimate of drug-likeness (QED) is 0.207. The topological polar surface area (TPSA) is 134 Å². The Hall–Kier alpha value is -5.55. The van der Waals surface area contributed by atoms with E-state index in [9.17, 15) is 24.0 Å². The van der Waals surface area contributed by atoms with Crippen molar-refractivity contribution < 1.29 is 33.4 Å². The third kappa shape index (κ3) is 6.56. The predicted octanol–water partition coefficient (Wildman–Crippen LogP) is 4.12. The number of methoxy groups -OCH3 is 2. The lowest BCUT2D eigenvalue weighted by atomic mass is 10.00. The molecule has 0 saturated carbocycles. The van der Waals surface area contributed by atoms with E-state index in [-0.39, 0.29) is 18.9 Å². The first kappa shape index (κ1) is 32.8. The molecular formula is C36H36N4O7. The highest BCUT2D eigenvalue weighted by atomic mass is 16.5. The number of nitrogens with one attached hydrogen (secondary N) is 2. The number of Topliss-reactive ketones (excluding diaryl/α,β-unsaturated/α-hetero) is 1. The van der Waals surface area contributed by atoms with Gasteiger partial charge in [0, 0.05) is 16.7 Å². The molecule has 0 fully saturated rings. The molecule has 0 bridgehead atoms. The highest BCUT2D eigenvalue weighted by molar-refractivity contribution is 6.13. The number of ether oxygens (including phenoxy) is 2. The number of rotatable bonds is 9. The number of carbonyl (C=O) groups is 5. The Bertz CT molecular complexity index is 1870. The fraction of sp³-hybridized carbons (Fsp3) is 0.250. The molecule has 0 unspecified atom stereocenters. The van der Waals surface area contributed by atoms with Crippen molar-refractivity contribution in [3.05, 3.63) is 101 Å². The number of carbonyl (C=O) groups excluding carboxylic acids is 5. The van der Waals surface area contributed by atoms with Crippen molar-refractivity contribution >= 4 is 51.6 Å². The molecule has 0 spiro atoms. The summed E-state index contributed by atoms with van der Waals surface area (Å²) in [7, 11) is 4.49. The Morgan fingerprint density at radius 3 is 2.19 bits per heavy atom.